The van der Waals surface area contributed by atoms with Crippen molar-refractivity contribution >= 4 is 21.7 Å². The lowest BCUT2D eigenvalue weighted by atomic mass is 9.80. The fourth-order valence-electron chi connectivity index (χ4n) is 10.2. The zero-order valence-electron chi connectivity index (χ0n) is 32.2. The standard InChI is InChI=1S/C55H41N/c1-54(2)47-25-13-11-18-38(47)40-29-27-34(32-49(40)54)36-16-5-7-20-42(36)51-44-22-9-10-23-45(44)52(53-46(51)24-15-31-56-53)43-21-8-6-17-37(43)35-28-30-41-39-19-12-14-26-48(39)55(3,4)50(41)33-35/h5-33H,1-4H3. The van der Waals surface area contributed by atoms with Crippen molar-refractivity contribution in [2.75, 3.05) is 0 Å². The van der Waals surface area contributed by atoms with Crippen molar-refractivity contribution in [1.82, 2.24) is 4.98 Å². The fourth-order valence-corrected chi connectivity index (χ4v) is 10.2. The molecule has 0 saturated heterocycles. The molecule has 0 N–H and O–H groups in total. The number of aromatic nitrogens is 1. The Bertz CT molecular complexity index is 2820. The van der Waals surface area contributed by atoms with Crippen LogP contribution in [0.3, 0.4) is 0 Å². The molecule has 0 atom stereocenters. The van der Waals surface area contributed by atoms with Crippen molar-refractivity contribution in [3.63, 3.8) is 0 Å². The van der Waals surface area contributed by atoms with Gasteiger partial charge in [0, 0.05) is 28.0 Å². The third-order valence-electron chi connectivity index (χ3n) is 13.0. The van der Waals surface area contributed by atoms with Gasteiger partial charge in [-0.3, -0.25) is 4.98 Å². The Balaban J connectivity index is 1.12. The van der Waals surface area contributed by atoms with E-state index in [1.807, 2.05) is 6.20 Å². The quantitative estimate of drug-likeness (QED) is 0.165. The summed E-state index contributed by atoms with van der Waals surface area (Å²) >= 11 is 0. The number of rotatable bonds is 4. The zero-order chi connectivity index (χ0) is 37.8. The Labute approximate surface area is 329 Å². The van der Waals surface area contributed by atoms with Crippen LogP contribution in [-0.4, -0.2) is 4.98 Å². The van der Waals surface area contributed by atoms with Gasteiger partial charge >= 0.3 is 0 Å². The largest absolute Gasteiger partial charge is 0.256 e. The van der Waals surface area contributed by atoms with Gasteiger partial charge < -0.3 is 0 Å². The molecule has 0 spiro atoms. The molecule has 0 aliphatic heterocycles. The Morgan fingerprint density at radius 1 is 0.321 bits per heavy atom. The minimum Gasteiger partial charge on any atom is -0.256 e. The van der Waals surface area contributed by atoms with Crippen LogP contribution in [0.4, 0.5) is 0 Å². The second-order valence-corrected chi connectivity index (χ2v) is 16.6. The summed E-state index contributed by atoms with van der Waals surface area (Å²) in [7, 11) is 0. The van der Waals surface area contributed by atoms with Crippen LogP contribution in [0.1, 0.15) is 49.9 Å². The van der Waals surface area contributed by atoms with Gasteiger partial charge in [-0.15, -0.1) is 0 Å². The first-order valence-electron chi connectivity index (χ1n) is 19.8. The van der Waals surface area contributed by atoms with Crippen molar-refractivity contribution in [2.45, 2.75) is 38.5 Å². The Morgan fingerprint density at radius 2 is 0.714 bits per heavy atom. The van der Waals surface area contributed by atoms with Crippen LogP contribution in [0.5, 0.6) is 0 Å². The zero-order valence-corrected chi connectivity index (χ0v) is 32.2. The van der Waals surface area contributed by atoms with Crippen LogP contribution in [0, 0.1) is 0 Å². The highest BCUT2D eigenvalue weighted by atomic mass is 14.7. The molecule has 9 aromatic rings. The molecule has 0 fully saturated rings. The molecule has 56 heavy (non-hydrogen) atoms. The number of pyridine rings is 1. The molecular formula is C55H41N. The van der Waals surface area contributed by atoms with E-state index in [0.29, 0.717) is 0 Å². The van der Waals surface area contributed by atoms with E-state index in [1.165, 1.54) is 99.8 Å². The second-order valence-electron chi connectivity index (χ2n) is 16.6. The lowest BCUT2D eigenvalue weighted by Crippen LogP contribution is -2.14. The molecule has 8 aromatic carbocycles. The van der Waals surface area contributed by atoms with E-state index in [0.717, 1.165) is 10.9 Å². The van der Waals surface area contributed by atoms with E-state index in [4.69, 9.17) is 4.98 Å². The normalized spacial score (nSPS) is 14.4. The molecule has 0 bridgehead atoms. The van der Waals surface area contributed by atoms with E-state index in [1.54, 1.807) is 0 Å². The summed E-state index contributed by atoms with van der Waals surface area (Å²) < 4.78 is 0. The highest BCUT2D eigenvalue weighted by Crippen LogP contribution is 2.53. The van der Waals surface area contributed by atoms with Crippen LogP contribution in [0.25, 0.3) is 88.4 Å². The van der Waals surface area contributed by atoms with E-state index in [-0.39, 0.29) is 10.8 Å². The van der Waals surface area contributed by atoms with Gasteiger partial charge in [0.2, 0.25) is 0 Å². The first kappa shape index (κ1) is 32.8. The van der Waals surface area contributed by atoms with Gasteiger partial charge in [-0.25, -0.2) is 0 Å². The number of nitrogens with zero attached hydrogens (tertiary/aromatic N) is 1. The maximum absolute atomic E-state index is 5.23. The molecule has 0 amide bonds. The van der Waals surface area contributed by atoms with Crippen LogP contribution >= 0.6 is 0 Å². The Hall–Kier alpha value is -6.57. The van der Waals surface area contributed by atoms with Gasteiger partial charge in [0.15, 0.2) is 0 Å². The van der Waals surface area contributed by atoms with Crippen molar-refractivity contribution in [3.8, 4) is 66.8 Å². The van der Waals surface area contributed by atoms with Crippen molar-refractivity contribution in [1.29, 1.82) is 0 Å². The van der Waals surface area contributed by atoms with Crippen molar-refractivity contribution in [3.05, 3.63) is 198 Å². The van der Waals surface area contributed by atoms with Gasteiger partial charge in [-0.1, -0.05) is 179 Å². The molecule has 266 valence electrons. The number of benzene rings is 8. The average molecular weight is 716 g/mol. The maximum Gasteiger partial charge on any atom is 0.0793 e. The molecule has 0 unspecified atom stereocenters. The van der Waals surface area contributed by atoms with E-state index < -0.39 is 0 Å². The van der Waals surface area contributed by atoms with Crippen LogP contribution in [0.2, 0.25) is 0 Å². The topological polar surface area (TPSA) is 12.9 Å². The first-order valence-corrected chi connectivity index (χ1v) is 19.8. The molecule has 0 saturated carbocycles. The smallest absolute Gasteiger partial charge is 0.0793 e. The predicted octanol–water partition coefficient (Wildman–Crippen LogP) is 14.7. The fraction of sp³-hybridized carbons (Fsp3) is 0.109. The van der Waals surface area contributed by atoms with Crippen molar-refractivity contribution in [2.24, 2.45) is 0 Å². The maximum atomic E-state index is 5.23. The average Bonchev–Trinajstić information content (AvgIpc) is 3.61. The highest BCUT2D eigenvalue weighted by molar-refractivity contribution is 6.22. The van der Waals surface area contributed by atoms with Crippen molar-refractivity contribution < 1.29 is 0 Å². The monoisotopic (exact) mass is 715 g/mol. The van der Waals surface area contributed by atoms with Gasteiger partial charge in [-0.05, 0) is 112 Å². The molecule has 11 rings (SSSR count). The molecule has 1 heterocycles. The summed E-state index contributed by atoms with van der Waals surface area (Å²) in [4.78, 5) is 5.23. The van der Waals surface area contributed by atoms with Crippen LogP contribution < -0.4 is 0 Å². The summed E-state index contributed by atoms with van der Waals surface area (Å²) in [6, 6.07) is 63.1. The van der Waals surface area contributed by atoms with Gasteiger partial charge in [0.1, 0.15) is 0 Å². The molecule has 0 radical (unpaired) electrons. The molecular weight excluding hydrogens is 675 g/mol. The van der Waals surface area contributed by atoms with E-state index in [2.05, 4.69) is 198 Å². The molecule has 1 nitrogen and oxygen atoms in total. The van der Waals surface area contributed by atoms with E-state index >= 15 is 0 Å². The highest BCUT2D eigenvalue weighted by Gasteiger charge is 2.37. The third kappa shape index (κ3) is 4.58. The summed E-state index contributed by atoms with van der Waals surface area (Å²) in [6.45, 7) is 9.44. The Morgan fingerprint density at radius 3 is 1.25 bits per heavy atom. The SMILES string of the molecule is CC1(C)c2ccccc2-c2ccc(-c3ccccc3-c3c4ccccc4c(-c4ccccc4-c4ccc5c(c4)C(C)(C)c4ccccc4-5)c4ncccc34)cc21. The lowest BCUT2D eigenvalue weighted by Gasteiger charge is -2.23. The van der Waals surface area contributed by atoms with Crippen LogP contribution in [-0.2, 0) is 10.8 Å². The molecule has 1 heteroatoms. The number of hydrogen-bond acceptors (Lipinski definition) is 1. The Kier molecular flexibility index (Phi) is 7.01. The van der Waals surface area contributed by atoms with Gasteiger partial charge in [-0.2, -0.15) is 0 Å². The number of fused-ring (bicyclic) bond motifs is 8. The first-order chi connectivity index (χ1) is 27.3. The summed E-state index contributed by atoms with van der Waals surface area (Å²) in [6.07, 6.45) is 1.95. The lowest BCUT2D eigenvalue weighted by molar-refractivity contribution is 0.660. The minimum atomic E-state index is -0.0779. The van der Waals surface area contributed by atoms with Gasteiger partial charge in [0.05, 0.1) is 5.52 Å². The van der Waals surface area contributed by atoms with Gasteiger partial charge in [0.25, 0.3) is 0 Å². The predicted molar refractivity (Wildman–Crippen MR) is 236 cm³/mol. The molecule has 1 aromatic heterocycles. The number of hydrogen-bond donors (Lipinski definition) is 0. The second kappa shape index (κ2) is 12.0. The summed E-state index contributed by atoms with van der Waals surface area (Å²) in [5.74, 6) is 0. The van der Waals surface area contributed by atoms with Crippen LogP contribution in [0.15, 0.2) is 176 Å². The summed E-state index contributed by atoms with van der Waals surface area (Å²) in [5.41, 5.74) is 21.5. The molecule has 2 aliphatic rings. The molecule has 2 aliphatic carbocycles. The minimum absolute atomic E-state index is 0.0756. The van der Waals surface area contributed by atoms with E-state index in [9.17, 15) is 0 Å². The third-order valence-corrected chi connectivity index (χ3v) is 13.0. The summed E-state index contributed by atoms with van der Waals surface area (Å²) in [5, 5.41) is 3.59.